The monoisotopic (exact) mass is 459 g/mol. The van der Waals surface area contributed by atoms with Gasteiger partial charge in [0.05, 0.1) is 12.2 Å². The molecule has 4 rings (SSSR count). The molecule has 0 unspecified atom stereocenters. The van der Waals surface area contributed by atoms with E-state index >= 15 is 0 Å². The summed E-state index contributed by atoms with van der Waals surface area (Å²) in [4.78, 5) is 29.4. The van der Waals surface area contributed by atoms with Gasteiger partial charge in [-0.15, -0.1) is 0 Å². The molecule has 3 aromatic carbocycles. The Morgan fingerprint density at radius 2 is 1.71 bits per heavy atom. The van der Waals surface area contributed by atoms with Crippen molar-refractivity contribution < 1.29 is 19.4 Å². The van der Waals surface area contributed by atoms with Crippen LogP contribution < -0.4 is 19.9 Å². The van der Waals surface area contributed by atoms with Gasteiger partial charge in [0.1, 0.15) is 24.4 Å². The first-order chi connectivity index (χ1) is 16.4. The number of carboxylic acid groups (broad SMARTS) is 1. The summed E-state index contributed by atoms with van der Waals surface area (Å²) in [6.45, 7) is 0.395. The molecule has 1 heterocycles. The van der Waals surface area contributed by atoms with Crippen molar-refractivity contribution in [3.8, 4) is 5.75 Å². The number of nitrogens with zero attached hydrogens (tertiary/aromatic N) is 2. The fourth-order valence-electron chi connectivity index (χ4n) is 4.03. The Morgan fingerprint density at radius 3 is 2.38 bits per heavy atom. The number of rotatable bonds is 8. The van der Waals surface area contributed by atoms with Crippen LogP contribution >= 0.6 is 0 Å². The van der Waals surface area contributed by atoms with Crippen LogP contribution in [-0.4, -0.2) is 49.8 Å². The number of amides is 1. The van der Waals surface area contributed by atoms with E-state index in [1.165, 1.54) is 0 Å². The van der Waals surface area contributed by atoms with Crippen molar-refractivity contribution in [3.63, 3.8) is 0 Å². The van der Waals surface area contributed by atoms with Crippen LogP contribution in [0, 0.1) is 0 Å². The van der Waals surface area contributed by atoms with E-state index in [2.05, 4.69) is 5.32 Å². The average Bonchev–Trinajstić information content (AvgIpc) is 2.97. The maximum atomic E-state index is 13.7. The minimum Gasteiger partial charge on any atom is -0.489 e. The molecule has 0 fully saturated rings. The number of carbonyl (C=O) groups excluding carboxylic acids is 1. The summed E-state index contributed by atoms with van der Waals surface area (Å²) in [7, 11) is 3.96. The molecule has 2 N–H and O–H groups in total. The highest BCUT2D eigenvalue weighted by Gasteiger charge is 2.34. The summed E-state index contributed by atoms with van der Waals surface area (Å²) in [6.07, 6.45) is 0.263. The summed E-state index contributed by atoms with van der Waals surface area (Å²) in [5.41, 5.74) is 3.59. The normalized spacial score (nSPS) is 16.2. The third kappa shape index (κ3) is 5.38. The molecular formula is C27H29N3O4. The minimum atomic E-state index is -1.01. The molecule has 1 aliphatic rings. The van der Waals surface area contributed by atoms with Crippen LogP contribution in [0.3, 0.4) is 0 Å². The Kier molecular flexibility index (Phi) is 7.13. The van der Waals surface area contributed by atoms with Crippen molar-refractivity contribution in [1.82, 2.24) is 5.32 Å². The van der Waals surface area contributed by atoms with Crippen molar-refractivity contribution in [2.75, 3.05) is 30.5 Å². The molecule has 1 aliphatic heterocycles. The number of ether oxygens (including phenoxy) is 1. The Labute approximate surface area is 199 Å². The van der Waals surface area contributed by atoms with Gasteiger partial charge in [-0.05, 0) is 41.8 Å². The molecule has 0 saturated heterocycles. The number of aliphatic carboxylic acids is 1. The predicted molar refractivity (Wildman–Crippen MR) is 132 cm³/mol. The van der Waals surface area contributed by atoms with Gasteiger partial charge in [0.15, 0.2) is 0 Å². The molecule has 7 heteroatoms. The number of hydrogen-bond donors (Lipinski definition) is 2. The average molecular weight is 460 g/mol. The molecule has 7 nitrogen and oxygen atoms in total. The van der Waals surface area contributed by atoms with Gasteiger partial charge >= 0.3 is 5.97 Å². The summed E-state index contributed by atoms with van der Waals surface area (Å²) in [5.74, 6) is -0.634. The molecule has 0 aliphatic carbocycles. The molecule has 1 amide bonds. The van der Waals surface area contributed by atoms with Crippen molar-refractivity contribution in [3.05, 3.63) is 90.0 Å². The fraction of sp³-hybridized carbons (Fsp3) is 0.259. The molecule has 176 valence electrons. The number of carboxylic acids is 1. The Balaban J connectivity index is 1.59. The highest BCUT2D eigenvalue weighted by atomic mass is 16.5. The lowest BCUT2D eigenvalue weighted by molar-refractivity contribution is -0.140. The Bertz CT molecular complexity index is 1130. The number of benzene rings is 3. The summed E-state index contributed by atoms with van der Waals surface area (Å²) >= 11 is 0. The van der Waals surface area contributed by atoms with E-state index in [1.54, 1.807) is 4.90 Å². The van der Waals surface area contributed by atoms with Gasteiger partial charge < -0.3 is 19.6 Å². The van der Waals surface area contributed by atoms with E-state index in [1.807, 2.05) is 97.9 Å². The zero-order valence-electron chi connectivity index (χ0n) is 19.3. The minimum absolute atomic E-state index is 0.0461. The quantitative estimate of drug-likeness (QED) is 0.538. The lowest BCUT2D eigenvalue weighted by atomic mass is 10.0. The number of hydrogen-bond acceptors (Lipinski definition) is 5. The van der Waals surface area contributed by atoms with Gasteiger partial charge in [-0.2, -0.15) is 0 Å². The molecule has 0 radical (unpaired) electrons. The van der Waals surface area contributed by atoms with E-state index in [0.29, 0.717) is 18.0 Å². The second kappa shape index (κ2) is 10.4. The highest BCUT2D eigenvalue weighted by molar-refractivity contribution is 5.99. The van der Waals surface area contributed by atoms with Crippen LogP contribution in [0.25, 0.3) is 0 Å². The zero-order valence-corrected chi connectivity index (χ0v) is 19.3. The maximum absolute atomic E-state index is 13.7. The van der Waals surface area contributed by atoms with Crippen molar-refractivity contribution in [2.24, 2.45) is 0 Å². The molecular weight excluding hydrogens is 430 g/mol. The van der Waals surface area contributed by atoms with E-state index in [4.69, 9.17) is 4.74 Å². The molecule has 0 spiro atoms. The predicted octanol–water partition coefficient (Wildman–Crippen LogP) is 3.33. The maximum Gasteiger partial charge on any atom is 0.321 e. The molecule has 34 heavy (non-hydrogen) atoms. The number of fused-ring (bicyclic) bond motifs is 1. The first-order valence-electron chi connectivity index (χ1n) is 11.2. The first-order valence-corrected chi connectivity index (χ1v) is 11.2. The molecule has 3 aromatic rings. The second-order valence-electron chi connectivity index (χ2n) is 8.56. The van der Waals surface area contributed by atoms with Crippen LogP contribution in [0.1, 0.15) is 11.1 Å². The number of anilines is 2. The van der Waals surface area contributed by atoms with Crippen LogP contribution in [0.5, 0.6) is 5.75 Å². The Hall–Kier alpha value is -3.84. The molecule has 0 saturated carbocycles. The van der Waals surface area contributed by atoms with Crippen LogP contribution in [0.2, 0.25) is 0 Å². The first kappa shape index (κ1) is 23.3. The highest BCUT2D eigenvalue weighted by Crippen LogP contribution is 2.32. The van der Waals surface area contributed by atoms with Crippen LogP contribution in [0.4, 0.5) is 11.4 Å². The molecule has 0 bridgehead atoms. The summed E-state index contributed by atoms with van der Waals surface area (Å²) in [5, 5.41) is 12.9. The second-order valence-corrected chi connectivity index (χ2v) is 8.56. The third-order valence-electron chi connectivity index (χ3n) is 5.90. The van der Waals surface area contributed by atoms with Crippen molar-refractivity contribution in [2.45, 2.75) is 25.0 Å². The van der Waals surface area contributed by atoms with Crippen LogP contribution in [0.15, 0.2) is 78.9 Å². The number of para-hydroxylation sites is 2. The molecule has 2 atom stereocenters. The third-order valence-corrected chi connectivity index (χ3v) is 5.90. The van der Waals surface area contributed by atoms with Gasteiger partial charge in [0.2, 0.25) is 5.91 Å². The number of carbonyl (C=O) groups is 2. The van der Waals surface area contributed by atoms with Gasteiger partial charge in [0.25, 0.3) is 0 Å². The van der Waals surface area contributed by atoms with Crippen molar-refractivity contribution >= 4 is 23.3 Å². The number of nitrogens with one attached hydrogen (secondary N) is 1. The smallest absolute Gasteiger partial charge is 0.321 e. The Morgan fingerprint density at radius 1 is 1.03 bits per heavy atom. The standard InChI is InChI=1S/C27H29N3O4/c1-29(2)21-14-12-20(13-15-21)17-30-24-10-6-7-11-25(24)34-18-23(26(30)31)28-22(27(32)33)16-19-8-4-3-5-9-19/h3-15,22-23,28H,16-18H2,1-2H3,(H,32,33)/t22-,23-/m0/s1. The van der Waals surface area contributed by atoms with E-state index in [-0.39, 0.29) is 18.9 Å². The van der Waals surface area contributed by atoms with Crippen molar-refractivity contribution in [1.29, 1.82) is 0 Å². The fourth-order valence-corrected chi connectivity index (χ4v) is 4.03. The van der Waals surface area contributed by atoms with Crippen LogP contribution in [-0.2, 0) is 22.6 Å². The summed E-state index contributed by atoms with van der Waals surface area (Å²) in [6, 6.07) is 23.0. The topological polar surface area (TPSA) is 82.1 Å². The lowest BCUT2D eigenvalue weighted by Crippen LogP contribution is -2.54. The van der Waals surface area contributed by atoms with E-state index in [0.717, 1.165) is 16.8 Å². The van der Waals surface area contributed by atoms with Gasteiger partial charge in [-0.1, -0.05) is 54.6 Å². The summed E-state index contributed by atoms with van der Waals surface area (Å²) < 4.78 is 5.96. The van der Waals surface area contributed by atoms with E-state index < -0.39 is 18.1 Å². The SMILES string of the molecule is CN(C)c1ccc(CN2C(=O)[C@@H](N[C@@H](Cc3ccccc3)C(=O)O)COc3ccccc32)cc1. The van der Waals surface area contributed by atoms with Gasteiger partial charge in [-0.25, -0.2) is 0 Å². The van der Waals surface area contributed by atoms with Gasteiger partial charge in [-0.3, -0.25) is 14.9 Å². The lowest BCUT2D eigenvalue weighted by Gasteiger charge is -2.27. The zero-order chi connectivity index (χ0) is 24.1. The van der Waals surface area contributed by atoms with E-state index in [9.17, 15) is 14.7 Å². The largest absolute Gasteiger partial charge is 0.489 e. The van der Waals surface area contributed by atoms with Gasteiger partial charge in [0, 0.05) is 19.8 Å². The molecule has 0 aromatic heterocycles.